The minimum Gasteiger partial charge on any atom is -0.479 e. The number of ether oxygens (including phenoxy) is 3. The summed E-state index contributed by atoms with van der Waals surface area (Å²) in [5.41, 5.74) is 2.83. The largest absolute Gasteiger partial charge is 0.479 e. The Morgan fingerprint density at radius 1 is 0.960 bits per heavy atom. The van der Waals surface area contributed by atoms with Crippen LogP contribution >= 0.6 is 0 Å². The van der Waals surface area contributed by atoms with Crippen molar-refractivity contribution in [2.75, 3.05) is 33.9 Å². The summed E-state index contributed by atoms with van der Waals surface area (Å²) in [6.07, 6.45) is 0.225. The SMILES string of the molecule is COC1c2ccccc2C2C[N@+](C)(C3COc4ccccc4O3)CC21. The molecular formula is C21H24NO3+. The number of nitrogens with zero attached hydrogens (tertiary/aromatic N) is 1. The molecule has 2 aliphatic heterocycles. The average Bonchev–Trinajstić information content (AvgIpc) is 3.14. The summed E-state index contributed by atoms with van der Waals surface area (Å²) in [5, 5.41) is 0. The summed E-state index contributed by atoms with van der Waals surface area (Å²) in [5.74, 6) is 2.75. The van der Waals surface area contributed by atoms with E-state index in [1.807, 2.05) is 31.4 Å². The van der Waals surface area contributed by atoms with Gasteiger partial charge in [-0.2, -0.15) is 0 Å². The Hall–Kier alpha value is -2.04. The molecule has 2 aromatic rings. The predicted octanol–water partition coefficient (Wildman–Crippen LogP) is 3.35. The molecule has 0 N–H and O–H groups in total. The second-order valence-electron chi connectivity index (χ2n) is 7.73. The zero-order valence-electron chi connectivity index (χ0n) is 14.7. The molecule has 0 radical (unpaired) electrons. The van der Waals surface area contributed by atoms with Gasteiger partial charge in [-0.3, -0.25) is 4.48 Å². The minimum atomic E-state index is 0.0326. The van der Waals surface area contributed by atoms with Gasteiger partial charge in [-0.05, 0) is 23.3 Å². The Bertz CT molecular complexity index is 807. The number of para-hydroxylation sites is 2. The summed E-state index contributed by atoms with van der Waals surface area (Å²) in [7, 11) is 4.14. The van der Waals surface area contributed by atoms with Gasteiger partial charge in [0, 0.05) is 13.0 Å². The summed E-state index contributed by atoms with van der Waals surface area (Å²) in [4.78, 5) is 0. The highest BCUT2D eigenvalue weighted by molar-refractivity contribution is 5.41. The van der Waals surface area contributed by atoms with Crippen LogP contribution in [0.25, 0.3) is 0 Å². The summed E-state index contributed by atoms with van der Waals surface area (Å²) < 4.78 is 19.1. The first-order valence-electron chi connectivity index (χ1n) is 9.04. The molecule has 0 spiro atoms. The first-order chi connectivity index (χ1) is 12.2. The number of rotatable bonds is 2. The van der Waals surface area contributed by atoms with Crippen molar-refractivity contribution < 1.29 is 18.7 Å². The normalized spacial score (nSPS) is 35.3. The molecule has 2 aromatic carbocycles. The lowest BCUT2D eigenvalue weighted by atomic mass is 9.96. The Balaban J connectivity index is 1.44. The molecule has 4 unspecified atom stereocenters. The Morgan fingerprint density at radius 2 is 1.68 bits per heavy atom. The van der Waals surface area contributed by atoms with Gasteiger partial charge in [0.05, 0.1) is 32.2 Å². The minimum absolute atomic E-state index is 0.0326. The number of likely N-dealkylation sites (tertiary alicyclic amines) is 1. The molecule has 4 nitrogen and oxygen atoms in total. The highest BCUT2D eigenvalue weighted by atomic mass is 16.6. The first-order valence-corrected chi connectivity index (χ1v) is 9.04. The maximum atomic E-state index is 6.35. The maximum Gasteiger partial charge on any atom is 0.267 e. The number of hydrogen-bond donors (Lipinski definition) is 0. The third-order valence-electron chi connectivity index (χ3n) is 6.29. The van der Waals surface area contributed by atoms with E-state index >= 15 is 0 Å². The summed E-state index contributed by atoms with van der Waals surface area (Å²) in [6, 6.07) is 16.7. The third kappa shape index (κ3) is 2.21. The standard InChI is InChI=1S/C21H24NO3/c1-22(20-13-24-18-9-5-6-10-19(18)25-20)11-16-14-7-3-4-8-15(14)21(23-2)17(16)12-22/h3-10,16-17,20-21H,11-13H2,1-2H3/q+1/t16?,17?,20?,21?,22-/m0/s1. The van der Waals surface area contributed by atoms with Crippen molar-refractivity contribution in [1.82, 2.24) is 0 Å². The van der Waals surface area contributed by atoms with Crippen molar-refractivity contribution in [3.8, 4) is 11.5 Å². The van der Waals surface area contributed by atoms with E-state index in [0.717, 1.165) is 29.1 Å². The van der Waals surface area contributed by atoms with Crippen LogP contribution in [0.2, 0.25) is 0 Å². The zero-order valence-corrected chi connectivity index (χ0v) is 14.7. The highest BCUT2D eigenvalue weighted by Gasteiger charge is 2.56. The van der Waals surface area contributed by atoms with Gasteiger partial charge in [-0.1, -0.05) is 36.4 Å². The van der Waals surface area contributed by atoms with Crippen molar-refractivity contribution in [2.45, 2.75) is 18.2 Å². The number of fused-ring (bicyclic) bond motifs is 4. The summed E-state index contributed by atoms with van der Waals surface area (Å²) in [6.45, 7) is 2.72. The molecule has 1 fully saturated rings. The number of methoxy groups -OCH3 is 1. The number of hydrogen-bond acceptors (Lipinski definition) is 3. The van der Waals surface area contributed by atoms with Crippen molar-refractivity contribution >= 4 is 0 Å². The van der Waals surface area contributed by atoms with Crippen LogP contribution in [0, 0.1) is 5.92 Å². The number of benzene rings is 2. The lowest BCUT2D eigenvalue weighted by molar-refractivity contribution is -0.942. The molecule has 1 saturated heterocycles. The molecule has 0 aromatic heterocycles. The van der Waals surface area contributed by atoms with Gasteiger partial charge in [0.25, 0.3) is 6.23 Å². The first kappa shape index (κ1) is 15.2. The van der Waals surface area contributed by atoms with E-state index in [4.69, 9.17) is 14.2 Å². The van der Waals surface area contributed by atoms with Gasteiger partial charge in [0.1, 0.15) is 0 Å². The van der Waals surface area contributed by atoms with Crippen LogP contribution in [0.3, 0.4) is 0 Å². The van der Waals surface area contributed by atoms with E-state index in [2.05, 4.69) is 31.3 Å². The molecule has 0 amide bonds. The smallest absolute Gasteiger partial charge is 0.267 e. The van der Waals surface area contributed by atoms with Crippen molar-refractivity contribution in [3.63, 3.8) is 0 Å². The number of likely N-dealkylation sites (N-methyl/N-ethyl adjacent to an activating group) is 1. The fraction of sp³-hybridized carbons (Fsp3) is 0.429. The van der Waals surface area contributed by atoms with Crippen LogP contribution in [0.5, 0.6) is 11.5 Å². The van der Waals surface area contributed by atoms with E-state index < -0.39 is 0 Å². The molecule has 5 atom stereocenters. The van der Waals surface area contributed by atoms with Gasteiger partial charge >= 0.3 is 0 Å². The van der Waals surface area contributed by atoms with E-state index in [-0.39, 0.29) is 12.3 Å². The van der Waals surface area contributed by atoms with E-state index in [0.29, 0.717) is 18.4 Å². The molecule has 4 heteroatoms. The molecular weight excluding hydrogens is 314 g/mol. The van der Waals surface area contributed by atoms with Crippen LogP contribution in [-0.2, 0) is 4.74 Å². The van der Waals surface area contributed by atoms with Crippen LogP contribution in [0.1, 0.15) is 23.1 Å². The second-order valence-corrected chi connectivity index (χ2v) is 7.73. The van der Waals surface area contributed by atoms with Gasteiger partial charge in [0.2, 0.25) is 0 Å². The number of quaternary nitrogens is 1. The van der Waals surface area contributed by atoms with Crippen LogP contribution in [0.15, 0.2) is 48.5 Å². The third-order valence-corrected chi connectivity index (χ3v) is 6.29. The topological polar surface area (TPSA) is 27.7 Å². The molecule has 130 valence electrons. The van der Waals surface area contributed by atoms with Crippen molar-refractivity contribution in [2.24, 2.45) is 5.92 Å². The zero-order chi connectivity index (χ0) is 17.0. The average molecular weight is 338 g/mol. The van der Waals surface area contributed by atoms with Crippen LogP contribution in [0.4, 0.5) is 0 Å². The maximum absolute atomic E-state index is 6.35. The van der Waals surface area contributed by atoms with E-state index in [9.17, 15) is 0 Å². The monoisotopic (exact) mass is 338 g/mol. The molecule has 3 aliphatic rings. The molecule has 5 rings (SSSR count). The Labute approximate surface area is 148 Å². The molecule has 25 heavy (non-hydrogen) atoms. The van der Waals surface area contributed by atoms with Gasteiger partial charge < -0.3 is 14.2 Å². The van der Waals surface area contributed by atoms with Gasteiger partial charge in [-0.15, -0.1) is 0 Å². The lowest BCUT2D eigenvalue weighted by Gasteiger charge is -2.40. The molecule has 0 saturated carbocycles. The van der Waals surface area contributed by atoms with Crippen molar-refractivity contribution in [1.29, 1.82) is 0 Å². The Kier molecular flexibility index (Phi) is 3.34. The second kappa shape index (κ2) is 5.48. The molecule has 2 heterocycles. The lowest BCUT2D eigenvalue weighted by Crippen LogP contribution is -2.57. The fourth-order valence-corrected chi connectivity index (χ4v) is 5.09. The predicted molar refractivity (Wildman–Crippen MR) is 94.7 cm³/mol. The van der Waals surface area contributed by atoms with E-state index in [1.165, 1.54) is 11.1 Å². The quantitative estimate of drug-likeness (QED) is 0.786. The van der Waals surface area contributed by atoms with Gasteiger partial charge in [-0.25, -0.2) is 0 Å². The Morgan fingerprint density at radius 3 is 2.48 bits per heavy atom. The molecule has 1 aliphatic carbocycles. The van der Waals surface area contributed by atoms with Gasteiger partial charge in [0.15, 0.2) is 18.1 Å². The highest BCUT2D eigenvalue weighted by Crippen LogP contribution is 2.53. The van der Waals surface area contributed by atoms with E-state index in [1.54, 1.807) is 0 Å². The summed E-state index contributed by atoms with van der Waals surface area (Å²) >= 11 is 0. The van der Waals surface area contributed by atoms with Crippen molar-refractivity contribution in [3.05, 3.63) is 59.7 Å². The fourth-order valence-electron chi connectivity index (χ4n) is 5.09. The van der Waals surface area contributed by atoms with Crippen LogP contribution in [-0.4, -0.2) is 44.6 Å². The molecule has 0 bridgehead atoms. The van der Waals surface area contributed by atoms with Crippen LogP contribution < -0.4 is 9.47 Å².